The summed E-state index contributed by atoms with van der Waals surface area (Å²) in [5.74, 6) is 0. The van der Waals surface area contributed by atoms with Crippen LogP contribution in [0.1, 0.15) is 20.8 Å². The Morgan fingerprint density at radius 3 is 1.73 bits per heavy atom. The van der Waals surface area contributed by atoms with E-state index < -0.39 is 20.7 Å². The zero-order valence-corrected chi connectivity index (χ0v) is 11.5. The molecule has 9 N–H and O–H groups in total. The summed E-state index contributed by atoms with van der Waals surface area (Å²) < 4.78 is 26.0. The van der Waals surface area contributed by atoms with Gasteiger partial charge in [0, 0.05) is 17.7 Å². The first-order valence-corrected chi connectivity index (χ1v) is 8.35. The molecule has 0 unspecified atom stereocenters. The lowest BCUT2D eigenvalue weighted by Gasteiger charge is -2.35. The molecule has 0 aromatic heterocycles. The molecule has 0 saturated carbocycles. The summed E-state index contributed by atoms with van der Waals surface area (Å²) >= 11 is 0.699. The molecule has 0 aliphatic rings. The highest BCUT2D eigenvalue weighted by Crippen LogP contribution is 2.45. The molecule has 0 amide bonds. The summed E-state index contributed by atoms with van der Waals surface area (Å²) in [6.45, 7) is 5.23. The van der Waals surface area contributed by atoms with Crippen LogP contribution in [0.5, 0.6) is 0 Å². The molecule has 0 radical (unpaired) electrons. The van der Waals surface area contributed by atoms with E-state index in [1.807, 2.05) is 0 Å². The smallest absolute Gasteiger partial charge is 0.271 e. The Labute approximate surface area is 93.8 Å². The normalized spacial score (nSPS) is 14.7. The molecule has 0 bridgehead atoms. The van der Waals surface area contributed by atoms with E-state index in [1.165, 1.54) is 4.08 Å². The average molecular weight is 276 g/mol. The van der Waals surface area contributed by atoms with Crippen molar-refractivity contribution < 1.29 is 9.13 Å². The van der Waals surface area contributed by atoms with E-state index in [1.54, 1.807) is 20.8 Å². The van der Waals surface area contributed by atoms with Gasteiger partial charge in [0.15, 0.2) is 0 Å². The third-order valence-electron chi connectivity index (χ3n) is 1.13. The van der Waals surface area contributed by atoms with Crippen molar-refractivity contribution >= 4 is 27.3 Å². The molecule has 8 nitrogen and oxygen atoms in total. The first kappa shape index (κ1) is 15.6. The number of rotatable bonds is 4. The second-order valence-electron chi connectivity index (χ2n) is 4.01. The Balaban J connectivity index is 4.71. The third-order valence-corrected chi connectivity index (χ3v) is 5.49. The van der Waals surface area contributed by atoms with E-state index in [4.69, 9.17) is 22.0 Å². The predicted octanol–water partition coefficient (Wildman–Crippen LogP) is 0.291. The minimum Gasteiger partial charge on any atom is -0.271 e. The molecule has 11 heteroatoms. The highest BCUT2D eigenvalue weighted by molar-refractivity contribution is 8.04. The van der Waals surface area contributed by atoms with E-state index in [2.05, 4.69) is 4.49 Å². The van der Waals surface area contributed by atoms with Crippen molar-refractivity contribution in [3.8, 4) is 0 Å². The Bertz CT molecular complexity index is 305. The molecular weight excluding hydrogens is 258 g/mol. The van der Waals surface area contributed by atoms with Crippen LogP contribution in [0.3, 0.4) is 0 Å². The van der Waals surface area contributed by atoms with Crippen molar-refractivity contribution in [1.82, 2.24) is 8.57 Å². The molecule has 0 fully saturated rings. The number of nitrogens with one attached hydrogen (secondary N) is 1. The van der Waals surface area contributed by atoms with Gasteiger partial charge in [-0.15, -0.1) is 0 Å². The van der Waals surface area contributed by atoms with Gasteiger partial charge in [-0.2, -0.15) is 8.57 Å². The molecule has 0 aromatic rings. The third kappa shape index (κ3) is 6.68. The first-order valence-electron chi connectivity index (χ1n) is 3.93. The lowest BCUT2D eigenvalue weighted by molar-refractivity contribution is 0.376. The van der Waals surface area contributed by atoms with Crippen LogP contribution in [0.2, 0.25) is 0 Å². The molecule has 0 heterocycles. The molecule has 0 rings (SSSR count). The summed E-state index contributed by atoms with van der Waals surface area (Å²) in [6.07, 6.45) is 0. The van der Waals surface area contributed by atoms with E-state index in [-0.39, 0.29) is 0 Å². The van der Waals surface area contributed by atoms with Gasteiger partial charge in [-0.1, -0.05) is 0 Å². The fraction of sp³-hybridized carbons (Fsp3) is 1.00. The van der Waals surface area contributed by atoms with E-state index in [9.17, 15) is 9.13 Å². The fourth-order valence-corrected chi connectivity index (χ4v) is 3.64. The average Bonchev–Trinajstić information content (AvgIpc) is 1.75. The van der Waals surface area contributed by atoms with Gasteiger partial charge in [-0.25, -0.2) is 0 Å². The minimum atomic E-state index is -3.48. The molecule has 0 aliphatic heterocycles. The molecule has 0 aromatic carbocycles. The summed E-state index contributed by atoms with van der Waals surface area (Å²) in [6, 6.07) is 0. The molecule has 0 saturated heterocycles. The summed E-state index contributed by atoms with van der Waals surface area (Å²) in [7, 11) is -6.90. The maximum atomic E-state index is 11.5. The van der Waals surface area contributed by atoms with E-state index in [0.717, 1.165) is 0 Å². The SMILES string of the molecule is CC(C)(C)N(SNP(N)(N)=O)P(N)(N)=O. The van der Waals surface area contributed by atoms with Gasteiger partial charge < -0.3 is 0 Å². The maximum absolute atomic E-state index is 11.5. The second kappa shape index (κ2) is 4.83. The van der Waals surface area contributed by atoms with Gasteiger partial charge in [0.2, 0.25) is 0 Å². The second-order valence-corrected chi connectivity index (χ2v) is 8.72. The van der Waals surface area contributed by atoms with Crippen molar-refractivity contribution in [2.24, 2.45) is 22.0 Å². The summed E-state index contributed by atoms with van der Waals surface area (Å²) in [5.41, 5.74) is 20.2. The van der Waals surface area contributed by atoms with Gasteiger partial charge in [-0.3, -0.25) is 31.1 Å². The van der Waals surface area contributed by atoms with Crippen molar-refractivity contribution in [3.63, 3.8) is 0 Å². The lowest BCUT2D eigenvalue weighted by Crippen LogP contribution is -2.40. The molecule has 0 atom stereocenters. The Kier molecular flexibility index (Phi) is 5.01. The standard InChI is InChI=1S/C4H18N6O2P2S/c1-4(2,3)10(14(7,8)12)15-9-13(5,6)11/h1-3H3,(H4,7,8,12)(H5,5,6,9,11). The molecule has 0 aliphatic carbocycles. The number of hydrogen-bond acceptors (Lipinski definition) is 3. The molecule has 15 heavy (non-hydrogen) atoms. The monoisotopic (exact) mass is 276 g/mol. The molecular formula is C4H18N6O2P2S. The lowest BCUT2D eigenvalue weighted by atomic mass is 10.1. The van der Waals surface area contributed by atoms with E-state index >= 15 is 0 Å². The predicted molar refractivity (Wildman–Crippen MR) is 64.3 cm³/mol. The van der Waals surface area contributed by atoms with Crippen LogP contribution in [0.4, 0.5) is 0 Å². The van der Waals surface area contributed by atoms with Crippen molar-refractivity contribution in [3.05, 3.63) is 0 Å². The number of nitrogens with two attached hydrogens (primary N) is 4. The van der Waals surface area contributed by atoms with Crippen LogP contribution in [-0.2, 0) is 9.13 Å². The van der Waals surface area contributed by atoms with Gasteiger partial charge in [-0.05, 0) is 20.8 Å². The Hall–Kier alpha value is 0.570. The maximum Gasteiger partial charge on any atom is 0.287 e. The molecule has 0 spiro atoms. The topological polar surface area (TPSA) is 153 Å². The van der Waals surface area contributed by atoms with Crippen molar-refractivity contribution in [2.45, 2.75) is 26.3 Å². The van der Waals surface area contributed by atoms with Gasteiger partial charge >= 0.3 is 0 Å². The Morgan fingerprint density at radius 1 is 1.13 bits per heavy atom. The fourth-order valence-electron chi connectivity index (χ4n) is 0.772. The number of nitrogens with zero attached hydrogens (tertiary/aromatic N) is 1. The van der Waals surface area contributed by atoms with E-state index in [0.29, 0.717) is 12.1 Å². The zero-order chi connectivity index (χ0) is 12.5. The zero-order valence-electron chi connectivity index (χ0n) is 8.88. The van der Waals surface area contributed by atoms with Crippen LogP contribution in [0, 0.1) is 0 Å². The van der Waals surface area contributed by atoms with Crippen LogP contribution in [0.15, 0.2) is 0 Å². The van der Waals surface area contributed by atoms with Crippen molar-refractivity contribution in [2.75, 3.05) is 0 Å². The van der Waals surface area contributed by atoms with Crippen LogP contribution in [0.25, 0.3) is 0 Å². The van der Waals surface area contributed by atoms with Crippen LogP contribution < -0.4 is 26.5 Å². The quantitative estimate of drug-likeness (QED) is 0.360. The first-order chi connectivity index (χ1) is 6.34. The van der Waals surface area contributed by atoms with Gasteiger partial charge in [0.05, 0.1) is 0 Å². The van der Waals surface area contributed by atoms with Gasteiger partial charge in [0.1, 0.15) is 0 Å². The minimum absolute atomic E-state index is 0.591. The highest BCUT2D eigenvalue weighted by atomic mass is 32.2. The summed E-state index contributed by atoms with van der Waals surface area (Å²) in [5, 5.41) is 0. The molecule has 92 valence electrons. The number of hydrogen-bond donors (Lipinski definition) is 5. The Morgan fingerprint density at radius 2 is 1.53 bits per heavy atom. The van der Waals surface area contributed by atoms with Crippen LogP contribution >= 0.6 is 27.3 Å². The highest BCUT2D eigenvalue weighted by Gasteiger charge is 2.34. The van der Waals surface area contributed by atoms with Crippen molar-refractivity contribution in [1.29, 1.82) is 0 Å². The van der Waals surface area contributed by atoms with Crippen LogP contribution in [-0.4, -0.2) is 9.61 Å². The largest absolute Gasteiger partial charge is 0.287 e. The summed E-state index contributed by atoms with van der Waals surface area (Å²) in [4.78, 5) is 0. The van der Waals surface area contributed by atoms with Gasteiger partial charge in [0.25, 0.3) is 15.2 Å².